The predicted molar refractivity (Wildman–Crippen MR) is 112 cm³/mol. The van der Waals surface area contributed by atoms with Crippen LogP contribution in [0.25, 0.3) is 6.08 Å². The van der Waals surface area contributed by atoms with Gasteiger partial charge in [0, 0.05) is 13.0 Å². The lowest BCUT2D eigenvalue weighted by Crippen LogP contribution is -2.29. The van der Waals surface area contributed by atoms with Crippen molar-refractivity contribution in [3.63, 3.8) is 0 Å². The minimum atomic E-state index is -0.807. The van der Waals surface area contributed by atoms with Crippen molar-refractivity contribution >= 4 is 46.3 Å². The number of amides is 1. The molecule has 7 nitrogen and oxygen atoms in total. The summed E-state index contributed by atoms with van der Waals surface area (Å²) in [6.45, 7) is 0.483. The molecule has 28 heavy (non-hydrogen) atoms. The molecule has 1 aliphatic heterocycles. The maximum atomic E-state index is 12.7. The maximum absolute atomic E-state index is 12.7. The molecule has 1 aromatic carbocycles. The Morgan fingerprint density at radius 3 is 2.32 bits per heavy atom. The van der Waals surface area contributed by atoms with Crippen LogP contribution in [-0.4, -0.2) is 54.1 Å². The Morgan fingerprint density at radius 2 is 1.79 bits per heavy atom. The van der Waals surface area contributed by atoms with Gasteiger partial charge >= 0.3 is 5.97 Å². The largest absolute Gasteiger partial charge is 0.493 e. The summed E-state index contributed by atoms with van der Waals surface area (Å²) in [6, 6.07) is 3.53. The molecule has 0 bridgehead atoms. The van der Waals surface area contributed by atoms with E-state index in [0.29, 0.717) is 45.9 Å². The average molecular weight is 426 g/mol. The van der Waals surface area contributed by atoms with Crippen molar-refractivity contribution in [1.82, 2.24) is 4.90 Å². The molecule has 2 rings (SSSR count). The SMILES string of the molecule is COc1cc(/C=C2/SC(=S)N(CCCCCC(=O)O)C2=O)cc(OC)c1OC. The van der Waals surface area contributed by atoms with Crippen molar-refractivity contribution < 1.29 is 28.9 Å². The summed E-state index contributed by atoms with van der Waals surface area (Å²) in [5.41, 5.74) is 0.733. The molecule has 0 saturated carbocycles. The second-order valence-corrected chi connectivity index (χ2v) is 7.67. The number of rotatable bonds is 10. The molecule has 0 aromatic heterocycles. The number of carbonyl (C=O) groups excluding carboxylic acids is 1. The standard InChI is InChI=1S/C19H23NO6S2/c1-24-13-9-12(10-14(25-2)17(13)26-3)11-15-18(23)20(19(27)28-15)8-6-4-5-7-16(21)22/h9-11H,4-8H2,1-3H3,(H,21,22)/b15-11+. The van der Waals surface area contributed by atoms with Crippen LogP contribution in [0.4, 0.5) is 0 Å². The van der Waals surface area contributed by atoms with Gasteiger partial charge in [0.05, 0.1) is 26.2 Å². The van der Waals surface area contributed by atoms with Crippen molar-refractivity contribution in [3.8, 4) is 17.2 Å². The first-order valence-corrected chi connectivity index (χ1v) is 9.91. The van der Waals surface area contributed by atoms with E-state index in [1.54, 1.807) is 23.1 Å². The van der Waals surface area contributed by atoms with Crippen molar-refractivity contribution in [3.05, 3.63) is 22.6 Å². The lowest BCUT2D eigenvalue weighted by Gasteiger charge is -2.14. The van der Waals surface area contributed by atoms with Crippen LogP contribution >= 0.6 is 24.0 Å². The molecule has 0 radical (unpaired) electrons. The van der Waals surface area contributed by atoms with Gasteiger partial charge in [-0.25, -0.2) is 0 Å². The summed E-state index contributed by atoms with van der Waals surface area (Å²) in [6.07, 6.45) is 3.91. The van der Waals surface area contributed by atoms with Crippen molar-refractivity contribution in [2.75, 3.05) is 27.9 Å². The Morgan fingerprint density at radius 1 is 1.14 bits per heavy atom. The first-order valence-electron chi connectivity index (χ1n) is 8.68. The third kappa shape index (κ3) is 5.39. The van der Waals surface area contributed by atoms with Gasteiger partial charge in [0.1, 0.15) is 4.32 Å². The van der Waals surface area contributed by atoms with Crippen molar-refractivity contribution in [2.24, 2.45) is 0 Å². The van der Waals surface area contributed by atoms with Crippen LogP contribution < -0.4 is 14.2 Å². The Hall–Kier alpha value is -2.26. The van der Waals surface area contributed by atoms with E-state index in [2.05, 4.69) is 0 Å². The number of methoxy groups -OCH3 is 3. The number of aliphatic carboxylic acids is 1. The number of carboxylic acid groups (broad SMARTS) is 1. The number of carbonyl (C=O) groups is 2. The van der Waals surface area contributed by atoms with Gasteiger partial charge in [-0.05, 0) is 36.6 Å². The highest BCUT2D eigenvalue weighted by molar-refractivity contribution is 8.26. The molecular weight excluding hydrogens is 402 g/mol. The first kappa shape index (κ1) is 22.0. The van der Waals surface area contributed by atoms with E-state index < -0.39 is 5.97 Å². The van der Waals surface area contributed by atoms with E-state index in [-0.39, 0.29) is 12.3 Å². The number of nitrogens with zero attached hydrogens (tertiary/aromatic N) is 1. The topological polar surface area (TPSA) is 85.3 Å². The highest BCUT2D eigenvalue weighted by atomic mass is 32.2. The molecular formula is C19H23NO6S2. The molecule has 1 aliphatic rings. The normalized spacial score (nSPS) is 15.2. The highest BCUT2D eigenvalue weighted by Crippen LogP contribution is 2.40. The highest BCUT2D eigenvalue weighted by Gasteiger charge is 2.31. The molecule has 0 spiro atoms. The van der Waals surface area contributed by atoms with Crippen LogP contribution in [0.15, 0.2) is 17.0 Å². The van der Waals surface area contributed by atoms with Gasteiger partial charge in [0.15, 0.2) is 11.5 Å². The number of ether oxygens (including phenoxy) is 3. The zero-order valence-corrected chi connectivity index (χ0v) is 17.7. The van der Waals surface area contributed by atoms with Gasteiger partial charge in [-0.3, -0.25) is 14.5 Å². The minimum Gasteiger partial charge on any atom is -0.493 e. The number of thiocarbonyl (C=S) groups is 1. The van der Waals surface area contributed by atoms with E-state index in [4.69, 9.17) is 31.5 Å². The molecule has 1 N–H and O–H groups in total. The molecule has 1 heterocycles. The van der Waals surface area contributed by atoms with Crippen molar-refractivity contribution in [1.29, 1.82) is 0 Å². The number of hydrogen-bond donors (Lipinski definition) is 1. The average Bonchev–Trinajstić information content (AvgIpc) is 2.93. The Balaban J connectivity index is 2.11. The minimum absolute atomic E-state index is 0.138. The van der Waals surface area contributed by atoms with Gasteiger partial charge in [-0.1, -0.05) is 30.4 Å². The summed E-state index contributed by atoms with van der Waals surface area (Å²) in [5.74, 6) is 0.529. The molecule has 1 aromatic rings. The summed E-state index contributed by atoms with van der Waals surface area (Å²) in [4.78, 5) is 25.3. The summed E-state index contributed by atoms with van der Waals surface area (Å²) >= 11 is 6.58. The van der Waals surface area contributed by atoms with Crippen LogP contribution in [0, 0.1) is 0 Å². The lowest BCUT2D eigenvalue weighted by molar-refractivity contribution is -0.137. The molecule has 0 unspecified atom stereocenters. The zero-order valence-electron chi connectivity index (χ0n) is 16.0. The van der Waals surface area contributed by atoms with E-state index in [1.165, 1.54) is 33.1 Å². The third-order valence-corrected chi connectivity index (χ3v) is 5.51. The van der Waals surface area contributed by atoms with Gasteiger partial charge in [0.2, 0.25) is 5.75 Å². The molecule has 1 fully saturated rings. The number of thioether (sulfide) groups is 1. The van der Waals surface area contributed by atoms with Crippen LogP contribution in [-0.2, 0) is 9.59 Å². The molecule has 0 aliphatic carbocycles. The van der Waals surface area contributed by atoms with E-state index >= 15 is 0 Å². The predicted octanol–water partition coefficient (Wildman–Crippen LogP) is 3.56. The van der Waals surface area contributed by atoms with Crippen molar-refractivity contribution in [2.45, 2.75) is 25.7 Å². The van der Waals surface area contributed by atoms with Crippen LogP contribution in [0.1, 0.15) is 31.2 Å². The Labute approximate surface area is 173 Å². The van der Waals surface area contributed by atoms with Crippen LogP contribution in [0.5, 0.6) is 17.2 Å². The van der Waals surface area contributed by atoms with Gasteiger partial charge in [-0.15, -0.1) is 0 Å². The number of unbranched alkanes of at least 4 members (excludes halogenated alkanes) is 2. The van der Waals surface area contributed by atoms with Gasteiger partial charge < -0.3 is 19.3 Å². The summed E-state index contributed by atoms with van der Waals surface area (Å²) < 4.78 is 16.5. The lowest BCUT2D eigenvalue weighted by atomic mass is 10.1. The number of benzene rings is 1. The maximum Gasteiger partial charge on any atom is 0.303 e. The molecule has 1 amide bonds. The number of hydrogen-bond acceptors (Lipinski definition) is 7. The fraction of sp³-hybridized carbons (Fsp3) is 0.421. The van der Waals surface area contributed by atoms with Gasteiger partial charge in [0.25, 0.3) is 5.91 Å². The summed E-state index contributed by atoms with van der Waals surface area (Å²) in [7, 11) is 4.59. The molecule has 1 saturated heterocycles. The second kappa shape index (κ2) is 10.3. The molecule has 9 heteroatoms. The summed E-state index contributed by atoms with van der Waals surface area (Å²) in [5, 5.41) is 8.67. The fourth-order valence-electron chi connectivity index (χ4n) is 2.75. The van der Waals surface area contributed by atoms with Crippen LogP contribution in [0.2, 0.25) is 0 Å². The Bertz CT molecular complexity index is 768. The molecule has 0 atom stereocenters. The quantitative estimate of drug-likeness (QED) is 0.346. The first-order chi connectivity index (χ1) is 13.4. The van der Waals surface area contributed by atoms with E-state index in [0.717, 1.165) is 12.0 Å². The van der Waals surface area contributed by atoms with E-state index in [9.17, 15) is 9.59 Å². The smallest absolute Gasteiger partial charge is 0.303 e. The van der Waals surface area contributed by atoms with Gasteiger partial charge in [-0.2, -0.15) is 0 Å². The van der Waals surface area contributed by atoms with Crippen LogP contribution in [0.3, 0.4) is 0 Å². The Kier molecular flexibility index (Phi) is 8.13. The van der Waals surface area contributed by atoms with E-state index in [1.807, 2.05) is 0 Å². The third-order valence-electron chi connectivity index (χ3n) is 4.13. The monoisotopic (exact) mass is 425 g/mol. The zero-order chi connectivity index (χ0) is 20.7. The number of carboxylic acids is 1. The fourth-order valence-corrected chi connectivity index (χ4v) is 4.06. The molecule has 152 valence electrons. The second-order valence-electron chi connectivity index (χ2n) is 6.00.